The van der Waals surface area contributed by atoms with E-state index in [-0.39, 0.29) is 12.5 Å². The summed E-state index contributed by atoms with van der Waals surface area (Å²) in [5.74, 6) is -0.825. The molecule has 2 fully saturated rings. The SMILES string of the molecule is CCN1CCC/C1=C/C=C1\SC(=S)N(CCS(=O)(=O)O)C1=O. The molecule has 0 unspecified atom stereocenters. The molecule has 0 radical (unpaired) electrons. The maximum atomic E-state index is 12.2. The third-order valence-electron chi connectivity index (χ3n) is 3.52. The van der Waals surface area contributed by atoms with Crippen LogP contribution < -0.4 is 0 Å². The molecule has 6 nitrogen and oxygen atoms in total. The Hall–Kier alpha value is -0.900. The molecule has 9 heteroatoms. The highest BCUT2D eigenvalue weighted by molar-refractivity contribution is 8.26. The summed E-state index contributed by atoms with van der Waals surface area (Å²) < 4.78 is 30.7. The van der Waals surface area contributed by atoms with E-state index in [1.165, 1.54) is 10.6 Å². The summed E-state index contributed by atoms with van der Waals surface area (Å²) in [7, 11) is -4.11. The van der Waals surface area contributed by atoms with E-state index in [1.807, 2.05) is 6.08 Å². The zero-order chi connectivity index (χ0) is 16.3. The molecule has 0 aromatic heterocycles. The first-order valence-corrected chi connectivity index (χ1v) is 9.80. The van der Waals surface area contributed by atoms with Gasteiger partial charge in [-0.25, -0.2) is 0 Å². The van der Waals surface area contributed by atoms with Crippen LogP contribution in [0.25, 0.3) is 0 Å². The molecule has 2 aliphatic heterocycles. The first-order chi connectivity index (χ1) is 10.3. The molecule has 0 aromatic carbocycles. The first-order valence-electron chi connectivity index (χ1n) is 6.96. The number of amides is 1. The summed E-state index contributed by atoms with van der Waals surface area (Å²) in [6, 6.07) is 0. The Morgan fingerprint density at radius 2 is 2.14 bits per heavy atom. The zero-order valence-corrected chi connectivity index (χ0v) is 14.6. The second kappa shape index (κ2) is 7.12. The molecule has 0 bridgehead atoms. The fraction of sp³-hybridized carbons (Fsp3) is 0.538. The standard InChI is InChI=1S/C13H18N2O4S3/c1-2-14-7-3-4-10(14)5-6-11-12(16)15(13(20)21-11)8-9-22(17,18)19/h5-6H,2-4,7-9H2,1H3,(H,17,18,19)/b10-5-,11-6-. The smallest absolute Gasteiger partial charge is 0.266 e. The number of thioether (sulfide) groups is 1. The van der Waals surface area contributed by atoms with E-state index >= 15 is 0 Å². The van der Waals surface area contributed by atoms with Crippen molar-refractivity contribution in [3.8, 4) is 0 Å². The van der Waals surface area contributed by atoms with Crippen molar-refractivity contribution in [3.63, 3.8) is 0 Å². The highest BCUT2D eigenvalue weighted by Crippen LogP contribution is 2.31. The van der Waals surface area contributed by atoms with Crippen molar-refractivity contribution in [1.29, 1.82) is 0 Å². The van der Waals surface area contributed by atoms with Crippen molar-refractivity contribution >= 4 is 44.3 Å². The van der Waals surface area contributed by atoms with Gasteiger partial charge in [0.15, 0.2) is 0 Å². The predicted molar refractivity (Wildman–Crippen MR) is 91.0 cm³/mol. The largest absolute Gasteiger partial charge is 0.375 e. The number of thiocarbonyl (C=S) groups is 1. The van der Waals surface area contributed by atoms with Gasteiger partial charge in [-0.15, -0.1) is 0 Å². The van der Waals surface area contributed by atoms with Gasteiger partial charge in [0.05, 0.1) is 10.7 Å². The molecule has 0 aromatic rings. The van der Waals surface area contributed by atoms with Gasteiger partial charge in [-0.3, -0.25) is 14.2 Å². The Bertz CT molecular complexity index is 640. The Morgan fingerprint density at radius 3 is 2.77 bits per heavy atom. The number of likely N-dealkylation sites (tertiary alicyclic amines) is 1. The third-order valence-corrected chi connectivity index (χ3v) is 5.62. The lowest BCUT2D eigenvalue weighted by Gasteiger charge is -2.16. The number of carbonyl (C=O) groups excluding carboxylic acids is 1. The van der Waals surface area contributed by atoms with Crippen LogP contribution in [0.1, 0.15) is 19.8 Å². The molecule has 122 valence electrons. The number of rotatable bonds is 5. The lowest BCUT2D eigenvalue weighted by atomic mass is 10.3. The molecule has 0 spiro atoms. The van der Waals surface area contributed by atoms with Crippen LogP contribution >= 0.6 is 24.0 Å². The van der Waals surface area contributed by atoms with Crippen LogP contribution in [0.15, 0.2) is 22.8 Å². The van der Waals surface area contributed by atoms with Crippen molar-refractivity contribution in [2.24, 2.45) is 0 Å². The number of nitrogens with zero attached hydrogens (tertiary/aromatic N) is 2. The van der Waals surface area contributed by atoms with E-state index in [2.05, 4.69) is 11.8 Å². The van der Waals surface area contributed by atoms with Crippen molar-refractivity contribution in [2.75, 3.05) is 25.4 Å². The van der Waals surface area contributed by atoms with Crippen LogP contribution in [-0.2, 0) is 14.9 Å². The summed E-state index contributed by atoms with van der Waals surface area (Å²) in [5.41, 5.74) is 1.20. The molecule has 2 saturated heterocycles. The van der Waals surface area contributed by atoms with E-state index in [0.717, 1.165) is 37.7 Å². The van der Waals surface area contributed by atoms with Gasteiger partial charge in [0, 0.05) is 25.3 Å². The summed E-state index contributed by atoms with van der Waals surface area (Å²) in [6.07, 6.45) is 5.79. The second-order valence-corrected chi connectivity index (χ2v) is 8.23. The maximum absolute atomic E-state index is 12.2. The van der Waals surface area contributed by atoms with E-state index in [9.17, 15) is 13.2 Å². The lowest BCUT2D eigenvalue weighted by Crippen LogP contribution is -2.32. The number of allylic oxidation sites excluding steroid dienone is 3. The fourth-order valence-electron chi connectivity index (χ4n) is 2.39. The van der Waals surface area contributed by atoms with Crippen LogP contribution in [0.3, 0.4) is 0 Å². The highest BCUT2D eigenvalue weighted by atomic mass is 32.2. The quantitative estimate of drug-likeness (QED) is 0.452. The van der Waals surface area contributed by atoms with Crippen molar-refractivity contribution in [3.05, 3.63) is 22.8 Å². The Labute approximate surface area is 140 Å². The average molecular weight is 362 g/mol. The Kier molecular flexibility index (Phi) is 5.65. The Balaban J connectivity index is 2.07. The molecule has 2 rings (SSSR count). The number of hydrogen-bond acceptors (Lipinski definition) is 6. The minimum Gasteiger partial charge on any atom is -0.375 e. The van der Waals surface area contributed by atoms with Crippen LogP contribution in [0.2, 0.25) is 0 Å². The normalized spacial score (nSPS) is 23.4. The van der Waals surface area contributed by atoms with E-state index in [0.29, 0.717) is 9.23 Å². The predicted octanol–water partition coefficient (Wildman–Crippen LogP) is 1.62. The van der Waals surface area contributed by atoms with Crippen molar-refractivity contribution in [1.82, 2.24) is 9.80 Å². The van der Waals surface area contributed by atoms with E-state index in [1.54, 1.807) is 6.08 Å². The maximum Gasteiger partial charge on any atom is 0.266 e. The molecule has 1 amide bonds. The van der Waals surface area contributed by atoms with Crippen LogP contribution in [0.4, 0.5) is 0 Å². The monoisotopic (exact) mass is 362 g/mol. The molecule has 2 heterocycles. The van der Waals surface area contributed by atoms with Gasteiger partial charge < -0.3 is 4.90 Å². The average Bonchev–Trinajstić information content (AvgIpc) is 2.98. The van der Waals surface area contributed by atoms with Gasteiger partial charge in [0.2, 0.25) is 0 Å². The minimum atomic E-state index is -4.11. The van der Waals surface area contributed by atoms with E-state index < -0.39 is 15.9 Å². The van der Waals surface area contributed by atoms with Gasteiger partial charge >= 0.3 is 0 Å². The summed E-state index contributed by atoms with van der Waals surface area (Å²) in [6.45, 7) is 3.94. The highest BCUT2D eigenvalue weighted by Gasteiger charge is 2.32. The number of carbonyl (C=O) groups is 1. The molecule has 1 N–H and O–H groups in total. The number of hydrogen-bond donors (Lipinski definition) is 1. The van der Waals surface area contributed by atoms with Gasteiger partial charge in [0.1, 0.15) is 4.32 Å². The zero-order valence-electron chi connectivity index (χ0n) is 12.2. The third kappa shape index (κ3) is 4.31. The minimum absolute atomic E-state index is 0.126. The van der Waals surface area contributed by atoms with Crippen molar-refractivity contribution in [2.45, 2.75) is 19.8 Å². The van der Waals surface area contributed by atoms with E-state index in [4.69, 9.17) is 16.8 Å². The Morgan fingerprint density at radius 1 is 1.41 bits per heavy atom. The topological polar surface area (TPSA) is 77.9 Å². The van der Waals surface area contributed by atoms with Gasteiger partial charge in [-0.05, 0) is 31.9 Å². The summed E-state index contributed by atoms with van der Waals surface area (Å²) >= 11 is 6.25. The van der Waals surface area contributed by atoms with Crippen LogP contribution in [0.5, 0.6) is 0 Å². The molecule has 0 aliphatic carbocycles. The lowest BCUT2D eigenvalue weighted by molar-refractivity contribution is -0.122. The summed E-state index contributed by atoms with van der Waals surface area (Å²) in [4.78, 5) is 16.2. The molecule has 2 aliphatic rings. The molecular weight excluding hydrogens is 344 g/mol. The van der Waals surface area contributed by atoms with Gasteiger partial charge in [-0.2, -0.15) is 8.42 Å². The van der Waals surface area contributed by atoms with Crippen molar-refractivity contribution < 1.29 is 17.8 Å². The molecule has 22 heavy (non-hydrogen) atoms. The molecular formula is C13H18N2O4S3. The first kappa shape index (κ1) is 17.5. The summed E-state index contributed by atoms with van der Waals surface area (Å²) in [5, 5.41) is 0. The molecule has 0 atom stereocenters. The fourth-order valence-corrected chi connectivity index (χ4v) is 4.05. The second-order valence-electron chi connectivity index (χ2n) is 4.98. The van der Waals surface area contributed by atoms with Crippen LogP contribution in [-0.4, -0.2) is 58.4 Å². The van der Waals surface area contributed by atoms with Gasteiger partial charge in [0.25, 0.3) is 16.0 Å². The van der Waals surface area contributed by atoms with Crippen LogP contribution in [0, 0.1) is 0 Å². The van der Waals surface area contributed by atoms with Gasteiger partial charge in [-0.1, -0.05) is 24.0 Å². The molecule has 0 saturated carbocycles.